The summed E-state index contributed by atoms with van der Waals surface area (Å²) >= 11 is 0. The first-order valence-corrected chi connectivity index (χ1v) is 6.06. The van der Waals surface area contributed by atoms with E-state index in [1.54, 1.807) is 12.1 Å². The lowest BCUT2D eigenvalue weighted by atomic mass is 10.1. The average Bonchev–Trinajstić information content (AvgIpc) is 2.46. The molecule has 0 spiro atoms. The zero-order valence-electron chi connectivity index (χ0n) is 10.6. The molecule has 2 aromatic rings. The minimum absolute atomic E-state index is 0.0996. The van der Waals surface area contributed by atoms with Crippen molar-refractivity contribution in [1.29, 1.82) is 0 Å². The molecule has 2 rings (SSSR count). The molecule has 0 atom stereocenters. The molecule has 0 aliphatic carbocycles. The number of nitrogens with zero attached hydrogens (tertiary/aromatic N) is 2. The van der Waals surface area contributed by atoms with E-state index < -0.39 is 4.92 Å². The predicted molar refractivity (Wildman–Crippen MR) is 75.6 cm³/mol. The SMILES string of the molecule is CCc1ccc(/C=C/c2ccc([N+](=O)[O-])cc2)nc1. The molecule has 0 aliphatic heterocycles. The summed E-state index contributed by atoms with van der Waals surface area (Å²) in [5.41, 5.74) is 3.08. The average molecular weight is 254 g/mol. The van der Waals surface area contributed by atoms with Gasteiger partial charge in [0, 0.05) is 18.3 Å². The highest BCUT2D eigenvalue weighted by atomic mass is 16.6. The monoisotopic (exact) mass is 254 g/mol. The number of aromatic nitrogens is 1. The van der Waals surface area contributed by atoms with Gasteiger partial charge in [0.2, 0.25) is 0 Å². The Kier molecular flexibility index (Phi) is 4.03. The second kappa shape index (κ2) is 5.91. The Morgan fingerprint density at radius 2 is 1.89 bits per heavy atom. The number of rotatable bonds is 4. The lowest BCUT2D eigenvalue weighted by Crippen LogP contribution is -1.87. The summed E-state index contributed by atoms with van der Waals surface area (Å²) in [6.45, 7) is 2.09. The Morgan fingerprint density at radius 3 is 2.42 bits per heavy atom. The number of nitro groups is 1. The number of hydrogen-bond donors (Lipinski definition) is 0. The van der Waals surface area contributed by atoms with Gasteiger partial charge >= 0.3 is 0 Å². The van der Waals surface area contributed by atoms with Crippen LogP contribution in [-0.2, 0) is 6.42 Å². The molecule has 1 heterocycles. The number of pyridine rings is 1. The second-order valence-corrected chi connectivity index (χ2v) is 4.13. The van der Waals surface area contributed by atoms with Gasteiger partial charge in [-0.25, -0.2) is 0 Å². The molecule has 1 aromatic carbocycles. The van der Waals surface area contributed by atoms with E-state index >= 15 is 0 Å². The van der Waals surface area contributed by atoms with Crippen LogP contribution in [0.4, 0.5) is 5.69 Å². The highest BCUT2D eigenvalue weighted by Gasteiger charge is 2.02. The van der Waals surface area contributed by atoms with Crippen LogP contribution in [0, 0.1) is 10.1 Å². The molecule has 0 unspecified atom stereocenters. The first-order valence-electron chi connectivity index (χ1n) is 6.06. The van der Waals surface area contributed by atoms with E-state index in [9.17, 15) is 10.1 Å². The highest BCUT2D eigenvalue weighted by molar-refractivity contribution is 5.68. The topological polar surface area (TPSA) is 56.0 Å². The van der Waals surface area contributed by atoms with Gasteiger partial charge in [-0.05, 0) is 41.8 Å². The molecular formula is C15H14N2O2. The molecule has 0 saturated carbocycles. The van der Waals surface area contributed by atoms with Crippen molar-refractivity contribution in [2.75, 3.05) is 0 Å². The lowest BCUT2D eigenvalue weighted by Gasteiger charge is -1.97. The van der Waals surface area contributed by atoms with Crippen molar-refractivity contribution in [1.82, 2.24) is 4.98 Å². The fraction of sp³-hybridized carbons (Fsp3) is 0.133. The quantitative estimate of drug-likeness (QED) is 0.617. The number of benzene rings is 1. The number of hydrogen-bond acceptors (Lipinski definition) is 3. The fourth-order valence-electron chi connectivity index (χ4n) is 1.63. The normalized spacial score (nSPS) is 10.8. The first-order chi connectivity index (χ1) is 9.19. The fourth-order valence-corrected chi connectivity index (χ4v) is 1.63. The molecule has 0 amide bonds. The molecular weight excluding hydrogens is 240 g/mol. The van der Waals surface area contributed by atoms with E-state index in [-0.39, 0.29) is 5.69 Å². The number of nitro benzene ring substituents is 1. The smallest absolute Gasteiger partial charge is 0.258 e. The molecule has 0 saturated heterocycles. The van der Waals surface area contributed by atoms with Crippen molar-refractivity contribution in [2.45, 2.75) is 13.3 Å². The molecule has 0 N–H and O–H groups in total. The van der Waals surface area contributed by atoms with Gasteiger partial charge in [0.15, 0.2) is 0 Å². The maximum Gasteiger partial charge on any atom is 0.269 e. The minimum atomic E-state index is -0.404. The standard InChI is InChI=1S/C15H14N2O2/c1-2-12-3-7-14(16-11-12)8-4-13-5-9-15(10-6-13)17(18)19/h3-11H,2H2,1H3/b8-4+. The molecule has 19 heavy (non-hydrogen) atoms. The molecule has 4 nitrogen and oxygen atoms in total. The first kappa shape index (κ1) is 13.0. The van der Waals surface area contributed by atoms with Crippen molar-refractivity contribution >= 4 is 17.8 Å². The van der Waals surface area contributed by atoms with Crippen LogP contribution in [0.15, 0.2) is 42.6 Å². The van der Waals surface area contributed by atoms with Crippen LogP contribution >= 0.6 is 0 Å². The Hall–Kier alpha value is -2.49. The minimum Gasteiger partial charge on any atom is -0.258 e. The Balaban J connectivity index is 2.10. The zero-order chi connectivity index (χ0) is 13.7. The predicted octanol–water partition coefficient (Wildman–Crippen LogP) is 3.72. The van der Waals surface area contributed by atoms with Gasteiger partial charge in [-0.2, -0.15) is 0 Å². The molecule has 4 heteroatoms. The van der Waals surface area contributed by atoms with E-state index in [4.69, 9.17) is 0 Å². The van der Waals surface area contributed by atoms with Gasteiger partial charge in [-0.3, -0.25) is 15.1 Å². The number of aryl methyl sites for hydroxylation is 1. The third-order valence-electron chi connectivity index (χ3n) is 2.81. The van der Waals surface area contributed by atoms with Crippen LogP contribution < -0.4 is 0 Å². The van der Waals surface area contributed by atoms with E-state index in [1.807, 2.05) is 30.5 Å². The molecule has 96 valence electrons. The Bertz CT molecular complexity index is 587. The van der Waals surface area contributed by atoms with Crippen molar-refractivity contribution in [3.8, 4) is 0 Å². The Morgan fingerprint density at radius 1 is 1.16 bits per heavy atom. The Labute approximate surface area is 111 Å². The van der Waals surface area contributed by atoms with Crippen LogP contribution in [0.25, 0.3) is 12.2 Å². The summed E-state index contributed by atoms with van der Waals surface area (Å²) in [5, 5.41) is 10.5. The van der Waals surface area contributed by atoms with Crippen LogP contribution in [0.2, 0.25) is 0 Å². The van der Waals surface area contributed by atoms with Crippen LogP contribution in [0.3, 0.4) is 0 Å². The van der Waals surface area contributed by atoms with Crippen molar-refractivity contribution < 1.29 is 4.92 Å². The second-order valence-electron chi connectivity index (χ2n) is 4.13. The maximum absolute atomic E-state index is 10.5. The lowest BCUT2D eigenvalue weighted by molar-refractivity contribution is -0.384. The molecule has 1 aromatic heterocycles. The highest BCUT2D eigenvalue weighted by Crippen LogP contribution is 2.14. The molecule has 0 radical (unpaired) electrons. The summed E-state index contributed by atoms with van der Waals surface area (Å²) < 4.78 is 0. The van der Waals surface area contributed by atoms with Gasteiger partial charge < -0.3 is 0 Å². The van der Waals surface area contributed by atoms with E-state index in [1.165, 1.54) is 17.7 Å². The molecule has 0 aliphatic rings. The van der Waals surface area contributed by atoms with Gasteiger partial charge in [-0.15, -0.1) is 0 Å². The molecule has 0 bridgehead atoms. The van der Waals surface area contributed by atoms with Gasteiger partial charge in [0.1, 0.15) is 0 Å². The van der Waals surface area contributed by atoms with Crippen LogP contribution in [0.5, 0.6) is 0 Å². The van der Waals surface area contributed by atoms with Gasteiger partial charge in [0.25, 0.3) is 5.69 Å². The summed E-state index contributed by atoms with van der Waals surface area (Å²) in [4.78, 5) is 14.4. The van der Waals surface area contributed by atoms with Crippen molar-refractivity contribution in [2.24, 2.45) is 0 Å². The summed E-state index contributed by atoms with van der Waals surface area (Å²) in [5.74, 6) is 0. The third-order valence-corrected chi connectivity index (χ3v) is 2.81. The summed E-state index contributed by atoms with van der Waals surface area (Å²) in [6, 6.07) is 10.4. The van der Waals surface area contributed by atoms with E-state index in [0.717, 1.165) is 17.7 Å². The third kappa shape index (κ3) is 3.48. The summed E-state index contributed by atoms with van der Waals surface area (Å²) in [7, 11) is 0. The zero-order valence-corrected chi connectivity index (χ0v) is 10.6. The van der Waals surface area contributed by atoms with E-state index in [2.05, 4.69) is 11.9 Å². The molecule has 0 fully saturated rings. The van der Waals surface area contributed by atoms with Crippen molar-refractivity contribution in [3.63, 3.8) is 0 Å². The van der Waals surface area contributed by atoms with Gasteiger partial charge in [-0.1, -0.05) is 19.1 Å². The summed E-state index contributed by atoms with van der Waals surface area (Å²) in [6.07, 6.45) is 6.60. The maximum atomic E-state index is 10.5. The number of non-ortho nitro benzene ring substituents is 1. The van der Waals surface area contributed by atoms with Crippen LogP contribution in [0.1, 0.15) is 23.7 Å². The van der Waals surface area contributed by atoms with Gasteiger partial charge in [0.05, 0.1) is 10.6 Å². The van der Waals surface area contributed by atoms with Crippen molar-refractivity contribution in [3.05, 3.63) is 69.5 Å². The van der Waals surface area contributed by atoms with E-state index in [0.29, 0.717) is 0 Å². The van der Waals surface area contributed by atoms with Crippen LogP contribution in [-0.4, -0.2) is 9.91 Å². The largest absolute Gasteiger partial charge is 0.269 e.